The van der Waals surface area contributed by atoms with Crippen LogP contribution in [-0.4, -0.2) is 30.1 Å². The molecule has 0 radical (unpaired) electrons. The van der Waals surface area contributed by atoms with Crippen LogP contribution in [0.4, 0.5) is 0 Å². The number of fused-ring (bicyclic) bond motifs is 1. The average molecular weight is 441 g/mol. The number of aliphatic imine (C=N–C) groups is 1. The number of nitrogens with zero attached hydrogens (tertiary/aromatic N) is 1. The quantitative estimate of drug-likeness (QED) is 0.525. The predicted octanol–water partition coefficient (Wildman–Crippen LogP) is 5.02. The van der Waals surface area contributed by atoms with Gasteiger partial charge in [-0.15, -0.1) is 0 Å². The second kappa shape index (κ2) is 9.41. The maximum absolute atomic E-state index is 13.2. The first kappa shape index (κ1) is 22.5. The molecule has 0 aliphatic carbocycles. The minimum Gasteiger partial charge on any atom is -0.497 e. The summed E-state index contributed by atoms with van der Waals surface area (Å²) < 4.78 is 5.38. The summed E-state index contributed by atoms with van der Waals surface area (Å²) >= 11 is 0. The van der Waals surface area contributed by atoms with Crippen molar-refractivity contribution in [1.82, 2.24) is 5.32 Å². The van der Waals surface area contributed by atoms with Crippen molar-refractivity contribution < 1.29 is 14.3 Å². The van der Waals surface area contributed by atoms with Crippen LogP contribution < -0.4 is 10.1 Å². The van der Waals surface area contributed by atoms with Gasteiger partial charge in [-0.2, -0.15) is 0 Å². The van der Waals surface area contributed by atoms with Gasteiger partial charge in [-0.05, 0) is 55.7 Å². The molecule has 5 nitrogen and oxygen atoms in total. The maximum Gasteiger partial charge on any atom is 0.251 e. The van der Waals surface area contributed by atoms with Crippen LogP contribution in [0.3, 0.4) is 0 Å². The number of benzene rings is 3. The normalized spacial score (nSPS) is 14.1. The number of carbonyl (C=O) groups is 2. The van der Waals surface area contributed by atoms with Crippen LogP contribution in [0.25, 0.3) is 0 Å². The third-order valence-electron chi connectivity index (χ3n) is 5.76. The molecule has 0 unspecified atom stereocenters. The van der Waals surface area contributed by atoms with Crippen LogP contribution in [0.1, 0.15) is 57.7 Å². The average Bonchev–Trinajstić information content (AvgIpc) is 2.82. The zero-order chi connectivity index (χ0) is 23.4. The Bertz CT molecular complexity index is 1210. The highest BCUT2D eigenvalue weighted by Gasteiger charge is 2.28. The van der Waals surface area contributed by atoms with Gasteiger partial charge in [-0.25, -0.2) is 0 Å². The van der Waals surface area contributed by atoms with Gasteiger partial charge < -0.3 is 10.1 Å². The van der Waals surface area contributed by atoms with Crippen molar-refractivity contribution in [3.63, 3.8) is 0 Å². The summed E-state index contributed by atoms with van der Waals surface area (Å²) in [7, 11) is 1.63. The first-order valence-electron chi connectivity index (χ1n) is 11.1. The summed E-state index contributed by atoms with van der Waals surface area (Å²) in [5.41, 5.74) is 4.57. The van der Waals surface area contributed by atoms with Crippen molar-refractivity contribution >= 4 is 17.4 Å². The van der Waals surface area contributed by atoms with E-state index < -0.39 is 0 Å². The van der Waals surface area contributed by atoms with Crippen LogP contribution in [0.5, 0.6) is 5.75 Å². The van der Waals surface area contributed by atoms with E-state index in [-0.39, 0.29) is 23.7 Å². The van der Waals surface area contributed by atoms with Crippen molar-refractivity contribution in [3.05, 3.63) is 101 Å². The van der Waals surface area contributed by atoms with Crippen molar-refractivity contribution in [1.29, 1.82) is 0 Å². The lowest BCUT2D eigenvalue weighted by molar-refractivity contribution is 0.0951. The Morgan fingerprint density at radius 3 is 2.48 bits per heavy atom. The highest BCUT2D eigenvalue weighted by Crippen LogP contribution is 2.31. The SMILES string of the molecule is COc1ccc2c(c1)C(CC(=O)c1cccc(C(=O)NCc3ccccc3)c1)=NC(C)(C)C2. The molecule has 0 saturated heterocycles. The Morgan fingerprint density at radius 2 is 1.73 bits per heavy atom. The van der Waals surface area contributed by atoms with Crippen LogP contribution >= 0.6 is 0 Å². The molecule has 0 fully saturated rings. The van der Waals surface area contributed by atoms with Crippen LogP contribution in [-0.2, 0) is 13.0 Å². The molecule has 3 aromatic carbocycles. The number of Topliss-reactive ketones (excluding diaryl/α,β-unsaturated/α-hetero) is 1. The lowest BCUT2D eigenvalue weighted by Crippen LogP contribution is -2.30. The fraction of sp³-hybridized carbons (Fsp3) is 0.250. The lowest BCUT2D eigenvalue weighted by Gasteiger charge is -2.29. The van der Waals surface area contributed by atoms with Gasteiger partial charge in [0.15, 0.2) is 5.78 Å². The molecule has 1 amide bonds. The number of methoxy groups -OCH3 is 1. The molecule has 1 aliphatic rings. The van der Waals surface area contributed by atoms with Crippen LogP contribution in [0, 0.1) is 0 Å². The zero-order valence-corrected chi connectivity index (χ0v) is 19.2. The highest BCUT2D eigenvalue weighted by molar-refractivity contribution is 6.17. The molecule has 0 bridgehead atoms. The number of carbonyl (C=O) groups excluding carboxylic acids is 2. The van der Waals surface area contributed by atoms with Gasteiger partial charge >= 0.3 is 0 Å². The minimum absolute atomic E-state index is 0.0714. The molecule has 0 atom stereocenters. The fourth-order valence-corrected chi connectivity index (χ4v) is 4.14. The van der Waals surface area contributed by atoms with Crippen LogP contribution in [0.2, 0.25) is 0 Å². The Kier molecular flexibility index (Phi) is 6.40. The number of amides is 1. The molecule has 1 heterocycles. The molecule has 33 heavy (non-hydrogen) atoms. The number of ether oxygens (including phenoxy) is 1. The predicted molar refractivity (Wildman–Crippen MR) is 130 cm³/mol. The summed E-state index contributed by atoms with van der Waals surface area (Å²) in [5.74, 6) is 0.461. The molecule has 0 aromatic heterocycles. The molecular formula is C28H28N2O3. The molecule has 5 heteroatoms. The maximum atomic E-state index is 13.2. The summed E-state index contributed by atoms with van der Waals surface area (Å²) in [6, 6.07) is 22.5. The van der Waals surface area contributed by atoms with E-state index in [1.807, 2.05) is 48.5 Å². The van der Waals surface area contributed by atoms with E-state index in [1.165, 1.54) is 0 Å². The number of hydrogen-bond acceptors (Lipinski definition) is 4. The number of nitrogens with one attached hydrogen (secondary N) is 1. The van der Waals surface area contributed by atoms with Crippen molar-refractivity contribution in [3.8, 4) is 5.75 Å². The minimum atomic E-state index is -0.281. The Balaban J connectivity index is 1.52. The second-order valence-electron chi connectivity index (χ2n) is 8.92. The molecule has 0 saturated carbocycles. The standard InChI is InChI=1S/C28H28N2O3/c1-28(2)17-22-12-13-23(33-3)15-24(22)25(30-28)16-26(31)20-10-7-11-21(14-20)27(32)29-18-19-8-5-4-6-9-19/h4-15H,16-18H2,1-3H3,(H,29,32). The molecule has 1 N–H and O–H groups in total. The summed E-state index contributed by atoms with van der Waals surface area (Å²) in [5, 5.41) is 2.91. The number of hydrogen-bond donors (Lipinski definition) is 1. The first-order chi connectivity index (χ1) is 15.8. The highest BCUT2D eigenvalue weighted by atomic mass is 16.5. The Labute approximate surface area is 194 Å². The van der Waals surface area contributed by atoms with Gasteiger partial charge in [0.25, 0.3) is 5.91 Å². The van der Waals surface area contributed by atoms with E-state index in [2.05, 4.69) is 19.2 Å². The van der Waals surface area contributed by atoms with Crippen molar-refractivity contribution in [2.45, 2.75) is 38.8 Å². The summed E-state index contributed by atoms with van der Waals surface area (Å²) in [6.45, 7) is 4.58. The van der Waals surface area contributed by atoms with E-state index in [1.54, 1.807) is 31.4 Å². The topological polar surface area (TPSA) is 67.8 Å². The van der Waals surface area contributed by atoms with E-state index in [0.717, 1.165) is 34.6 Å². The van der Waals surface area contributed by atoms with Gasteiger partial charge in [0.1, 0.15) is 5.75 Å². The number of ketones is 1. The number of rotatable bonds is 7. The zero-order valence-electron chi connectivity index (χ0n) is 19.2. The molecule has 0 spiro atoms. The van der Waals surface area contributed by atoms with Gasteiger partial charge in [0.05, 0.1) is 24.8 Å². The second-order valence-corrected chi connectivity index (χ2v) is 8.92. The fourth-order valence-electron chi connectivity index (χ4n) is 4.14. The van der Waals surface area contributed by atoms with Gasteiger partial charge in [0, 0.05) is 23.2 Å². The first-order valence-corrected chi connectivity index (χ1v) is 11.1. The third kappa shape index (κ3) is 5.37. The van der Waals surface area contributed by atoms with Crippen molar-refractivity contribution in [2.75, 3.05) is 7.11 Å². The van der Waals surface area contributed by atoms with Crippen molar-refractivity contribution in [2.24, 2.45) is 4.99 Å². The molecule has 4 rings (SSSR count). The van der Waals surface area contributed by atoms with E-state index in [0.29, 0.717) is 17.7 Å². The van der Waals surface area contributed by atoms with E-state index in [9.17, 15) is 9.59 Å². The van der Waals surface area contributed by atoms with E-state index in [4.69, 9.17) is 9.73 Å². The van der Waals surface area contributed by atoms with Gasteiger partial charge in [-0.3, -0.25) is 14.6 Å². The van der Waals surface area contributed by atoms with Gasteiger partial charge in [0.2, 0.25) is 0 Å². The summed E-state index contributed by atoms with van der Waals surface area (Å²) in [6.07, 6.45) is 0.972. The monoisotopic (exact) mass is 440 g/mol. The largest absolute Gasteiger partial charge is 0.497 e. The third-order valence-corrected chi connectivity index (χ3v) is 5.76. The Morgan fingerprint density at radius 1 is 0.970 bits per heavy atom. The lowest BCUT2D eigenvalue weighted by atomic mass is 9.85. The van der Waals surface area contributed by atoms with Crippen LogP contribution in [0.15, 0.2) is 77.8 Å². The molecule has 168 valence electrons. The molecular weight excluding hydrogens is 412 g/mol. The van der Waals surface area contributed by atoms with Gasteiger partial charge in [-0.1, -0.05) is 48.5 Å². The Hall–Kier alpha value is -3.73. The smallest absolute Gasteiger partial charge is 0.251 e. The molecule has 3 aromatic rings. The van der Waals surface area contributed by atoms with E-state index >= 15 is 0 Å². The summed E-state index contributed by atoms with van der Waals surface area (Å²) in [4.78, 5) is 30.7. The molecule has 1 aliphatic heterocycles.